The smallest absolute Gasteiger partial charge is 0.494 e. The van der Waals surface area contributed by atoms with Crippen molar-refractivity contribution in [1.29, 1.82) is 0 Å². The van der Waals surface area contributed by atoms with Crippen molar-refractivity contribution in [3.63, 3.8) is 0 Å². The first-order valence-electron chi connectivity index (χ1n) is 6.96. The van der Waals surface area contributed by atoms with Crippen LogP contribution in [0.1, 0.15) is 40.2 Å². The second kappa shape index (κ2) is 5.04. The molecule has 20 heavy (non-hydrogen) atoms. The van der Waals surface area contributed by atoms with Gasteiger partial charge in [-0.3, -0.25) is 0 Å². The molecule has 1 fully saturated rings. The highest BCUT2D eigenvalue weighted by Gasteiger charge is 2.52. The molecule has 0 atom stereocenters. The van der Waals surface area contributed by atoms with Crippen molar-refractivity contribution >= 4 is 12.6 Å². The molecule has 110 valence electrons. The lowest BCUT2D eigenvalue weighted by Crippen LogP contribution is -2.41. The second-order valence-corrected chi connectivity index (χ2v) is 6.16. The van der Waals surface area contributed by atoms with Crippen LogP contribution < -0.4 is 10.2 Å². The number of halogens is 1. The van der Waals surface area contributed by atoms with Gasteiger partial charge < -0.3 is 14.0 Å². The topological polar surface area (TPSA) is 27.7 Å². The summed E-state index contributed by atoms with van der Waals surface area (Å²) in [6, 6.07) is 3.14. The van der Waals surface area contributed by atoms with Crippen molar-refractivity contribution < 1.29 is 18.4 Å². The number of ether oxygens (including phenoxy) is 1. The summed E-state index contributed by atoms with van der Waals surface area (Å²) in [5, 5.41) is 0. The maximum Gasteiger partial charge on any atom is 0.497 e. The van der Waals surface area contributed by atoms with Crippen LogP contribution in [0.5, 0.6) is 5.75 Å². The van der Waals surface area contributed by atoms with E-state index < -0.39 is 18.3 Å². The van der Waals surface area contributed by atoms with Gasteiger partial charge in [0.25, 0.3) is 0 Å². The summed E-state index contributed by atoms with van der Waals surface area (Å²) in [5.74, 6) is 0.336. The zero-order valence-electron chi connectivity index (χ0n) is 13.0. The van der Waals surface area contributed by atoms with Crippen LogP contribution in [0, 0.1) is 12.7 Å². The molecule has 2 rings (SSSR count). The van der Waals surface area contributed by atoms with Crippen LogP contribution in [0.3, 0.4) is 0 Å². The second-order valence-electron chi connectivity index (χ2n) is 6.16. The van der Waals surface area contributed by atoms with Gasteiger partial charge >= 0.3 is 7.12 Å². The zero-order chi connectivity index (χ0) is 15.1. The Bertz CT molecular complexity index is 498. The number of benzene rings is 1. The van der Waals surface area contributed by atoms with Gasteiger partial charge in [0.1, 0.15) is 11.6 Å². The van der Waals surface area contributed by atoms with E-state index in [1.54, 1.807) is 6.07 Å². The van der Waals surface area contributed by atoms with Gasteiger partial charge in [-0.25, -0.2) is 4.39 Å². The average molecular weight is 280 g/mol. The Morgan fingerprint density at radius 3 is 2.20 bits per heavy atom. The summed E-state index contributed by atoms with van der Waals surface area (Å²) in [7, 11) is -0.709. The van der Waals surface area contributed by atoms with Gasteiger partial charge in [-0.1, -0.05) is 0 Å². The maximum absolute atomic E-state index is 14.2. The van der Waals surface area contributed by atoms with Gasteiger partial charge in [-0.2, -0.15) is 0 Å². The fourth-order valence-corrected chi connectivity index (χ4v) is 2.13. The third-order valence-electron chi connectivity index (χ3n) is 4.10. The first-order chi connectivity index (χ1) is 9.18. The summed E-state index contributed by atoms with van der Waals surface area (Å²) >= 11 is 0. The van der Waals surface area contributed by atoms with Crippen LogP contribution in [0.15, 0.2) is 12.1 Å². The fraction of sp³-hybridized carbons (Fsp3) is 0.600. The first kappa shape index (κ1) is 15.3. The van der Waals surface area contributed by atoms with E-state index in [1.807, 2.05) is 41.5 Å². The van der Waals surface area contributed by atoms with Gasteiger partial charge in [0, 0.05) is 5.46 Å². The van der Waals surface area contributed by atoms with Crippen LogP contribution in [0.2, 0.25) is 0 Å². The Balaban J connectivity index is 2.37. The van der Waals surface area contributed by atoms with Crippen LogP contribution in [-0.4, -0.2) is 24.9 Å². The van der Waals surface area contributed by atoms with E-state index in [1.165, 1.54) is 6.07 Å². The molecule has 3 nitrogen and oxygen atoms in total. The Labute approximate surface area is 120 Å². The normalized spacial score (nSPS) is 20.2. The maximum atomic E-state index is 14.2. The molecule has 0 unspecified atom stereocenters. The quantitative estimate of drug-likeness (QED) is 0.797. The molecule has 0 bridgehead atoms. The average Bonchev–Trinajstić information content (AvgIpc) is 2.52. The SMILES string of the molecule is CCOc1cc(B2OC(C)(C)C(C)(C)O2)c(F)cc1C. The highest BCUT2D eigenvalue weighted by atomic mass is 19.1. The molecular formula is C15H22BFO3. The molecule has 5 heteroatoms. The molecule has 1 aromatic carbocycles. The third-order valence-corrected chi connectivity index (χ3v) is 4.10. The van der Waals surface area contributed by atoms with Crippen molar-refractivity contribution in [2.24, 2.45) is 0 Å². The molecule has 1 saturated heterocycles. The standard InChI is InChI=1S/C15H22BFO3/c1-7-18-13-9-11(12(17)8-10(13)2)16-19-14(3,4)15(5,6)20-16/h8-9H,7H2,1-6H3. The minimum absolute atomic E-state index is 0.329. The van der Waals surface area contributed by atoms with E-state index in [9.17, 15) is 4.39 Å². The molecular weight excluding hydrogens is 258 g/mol. The van der Waals surface area contributed by atoms with Gasteiger partial charge in [-0.15, -0.1) is 0 Å². The highest BCUT2D eigenvalue weighted by Crippen LogP contribution is 2.37. The van der Waals surface area contributed by atoms with Gasteiger partial charge in [0.2, 0.25) is 0 Å². The lowest BCUT2D eigenvalue weighted by atomic mass is 9.78. The van der Waals surface area contributed by atoms with Crippen molar-refractivity contribution in [3.05, 3.63) is 23.5 Å². The van der Waals surface area contributed by atoms with Crippen molar-refractivity contribution in [2.45, 2.75) is 52.7 Å². The van der Waals surface area contributed by atoms with Crippen LogP contribution in [0.4, 0.5) is 4.39 Å². The fourth-order valence-electron chi connectivity index (χ4n) is 2.13. The van der Waals surface area contributed by atoms with Gasteiger partial charge in [-0.05, 0) is 59.2 Å². The Kier molecular flexibility index (Phi) is 3.86. The molecule has 0 saturated carbocycles. The predicted octanol–water partition coefficient (Wildman–Crippen LogP) is 2.83. The van der Waals surface area contributed by atoms with Crippen molar-refractivity contribution in [1.82, 2.24) is 0 Å². The molecule has 1 heterocycles. The molecule has 0 aromatic heterocycles. The lowest BCUT2D eigenvalue weighted by Gasteiger charge is -2.32. The Hall–Kier alpha value is -1.07. The van der Waals surface area contributed by atoms with Gasteiger partial charge in [0.05, 0.1) is 17.8 Å². The zero-order valence-corrected chi connectivity index (χ0v) is 13.0. The molecule has 1 aliphatic rings. The van der Waals surface area contributed by atoms with E-state index in [0.29, 0.717) is 17.8 Å². The highest BCUT2D eigenvalue weighted by molar-refractivity contribution is 6.62. The molecule has 0 amide bonds. The lowest BCUT2D eigenvalue weighted by molar-refractivity contribution is 0.00578. The third kappa shape index (κ3) is 2.57. The summed E-state index contributed by atoms with van der Waals surface area (Å²) in [5.41, 5.74) is 0.184. The van der Waals surface area contributed by atoms with Crippen LogP contribution in [0.25, 0.3) is 0 Å². The molecule has 0 aliphatic carbocycles. The number of rotatable bonds is 3. The number of hydrogen-bond acceptors (Lipinski definition) is 3. The minimum atomic E-state index is -0.709. The Morgan fingerprint density at radius 1 is 1.15 bits per heavy atom. The van der Waals surface area contributed by atoms with Crippen LogP contribution in [-0.2, 0) is 9.31 Å². The monoisotopic (exact) mass is 280 g/mol. The summed E-state index contributed by atoms with van der Waals surface area (Å²) < 4.78 is 31.5. The van der Waals surface area contributed by atoms with E-state index in [2.05, 4.69) is 0 Å². The van der Waals surface area contributed by atoms with Crippen molar-refractivity contribution in [3.8, 4) is 5.75 Å². The van der Waals surface area contributed by atoms with Crippen molar-refractivity contribution in [2.75, 3.05) is 6.61 Å². The molecule has 0 spiro atoms. The molecule has 1 aromatic rings. The summed E-state index contributed by atoms with van der Waals surface area (Å²) in [6.45, 7) is 12.0. The molecule has 0 radical (unpaired) electrons. The van der Waals surface area contributed by atoms with Gasteiger partial charge in [0.15, 0.2) is 0 Å². The minimum Gasteiger partial charge on any atom is -0.494 e. The summed E-state index contributed by atoms with van der Waals surface area (Å²) in [6.07, 6.45) is 0. The summed E-state index contributed by atoms with van der Waals surface area (Å²) in [4.78, 5) is 0. The number of aryl methyl sites for hydroxylation is 1. The van der Waals surface area contributed by atoms with E-state index in [0.717, 1.165) is 5.56 Å². The predicted molar refractivity (Wildman–Crippen MR) is 78.0 cm³/mol. The Morgan fingerprint density at radius 2 is 1.70 bits per heavy atom. The van der Waals surface area contributed by atoms with E-state index in [4.69, 9.17) is 14.0 Å². The molecule has 1 aliphatic heterocycles. The number of hydrogen-bond donors (Lipinski definition) is 0. The first-order valence-corrected chi connectivity index (χ1v) is 6.96. The molecule has 0 N–H and O–H groups in total. The largest absolute Gasteiger partial charge is 0.497 e. The van der Waals surface area contributed by atoms with E-state index >= 15 is 0 Å². The van der Waals surface area contributed by atoms with E-state index in [-0.39, 0.29) is 5.82 Å². The van der Waals surface area contributed by atoms with Crippen LogP contribution >= 0.6 is 0 Å².